The summed E-state index contributed by atoms with van der Waals surface area (Å²) < 4.78 is 28.9. The molecule has 1 fully saturated rings. The Hall–Kier alpha value is -0.130. The summed E-state index contributed by atoms with van der Waals surface area (Å²) >= 11 is 0. The van der Waals surface area contributed by atoms with E-state index in [1.807, 2.05) is 6.92 Å². The molecule has 5 heteroatoms. The smallest absolute Gasteiger partial charge is 0.150 e. The molecule has 4 nitrogen and oxygen atoms in total. The number of aliphatic hydroxyl groups excluding tert-OH is 1. The SMILES string of the molecule is CCOC1(C(O)CCCS(=O)(=O)CC)CCCC(C)C1. The summed E-state index contributed by atoms with van der Waals surface area (Å²) in [5.41, 5.74) is -0.456. The van der Waals surface area contributed by atoms with Crippen molar-refractivity contribution < 1.29 is 18.3 Å². The molecule has 3 unspecified atom stereocenters. The summed E-state index contributed by atoms with van der Waals surface area (Å²) in [6, 6.07) is 0. The summed E-state index contributed by atoms with van der Waals surface area (Å²) in [5.74, 6) is 0.902. The highest BCUT2D eigenvalue weighted by atomic mass is 32.2. The summed E-state index contributed by atoms with van der Waals surface area (Å²) in [6.45, 7) is 6.41. The van der Waals surface area contributed by atoms with Crippen LogP contribution in [0, 0.1) is 5.92 Å². The average Bonchev–Trinajstić information content (AvgIpc) is 2.38. The fourth-order valence-corrected chi connectivity index (χ4v) is 4.16. The van der Waals surface area contributed by atoms with Gasteiger partial charge < -0.3 is 9.84 Å². The van der Waals surface area contributed by atoms with Crippen molar-refractivity contribution >= 4 is 9.84 Å². The topological polar surface area (TPSA) is 63.6 Å². The van der Waals surface area contributed by atoms with Crippen LogP contribution in [0.3, 0.4) is 0 Å². The van der Waals surface area contributed by atoms with Crippen molar-refractivity contribution in [1.82, 2.24) is 0 Å². The number of ether oxygens (including phenoxy) is 1. The zero-order chi connectivity index (χ0) is 15.2. The normalized spacial score (nSPS) is 29.3. The van der Waals surface area contributed by atoms with Crippen LogP contribution in [0.2, 0.25) is 0 Å². The van der Waals surface area contributed by atoms with Crippen LogP contribution < -0.4 is 0 Å². The zero-order valence-electron chi connectivity index (χ0n) is 13.1. The molecule has 0 bridgehead atoms. The molecule has 0 aromatic rings. The van der Waals surface area contributed by atoms with Gasteiger partial charge in [-0.15, -0.1) is 0 Å². The first-order valence-electron chi connectivity index (χ1n) is 7.87. The summed E-state index contributed by atoms with van der Waals surface area (Å²) in [4.78, 5) is 0. The second-order valence-corrected chi connectivity index (χ2v) is 8.57. The van der Waals surface area contributed by atoms with E-state index in [1.165, 1.54) is 6.42 Å². The van der Waals surface area contributed by atoms with Crippen LogP contribution in [-0.4, -0.2) is 43.3 Å². The van der Waals surface area contributed by atoms with Gasteiger partial charge >= 0.3 is 0 Å². The Morgan fingerprint density at radius 3 is 2.65 bits per heavy atom. The van der Waals surface area contributed by atoms with Gasteiger partial charge in [0, 0.05) is 12.4 Å². The standard InChI is InChI=1S/C15H30O4S/c1-4-19-15(10-6-8-13(3)12-15)14(16)9-7-11-20(17,18)5-2/h13-14,16H,4-12H2,1-3H3. The van der Waals surface area contributed by atoms with Crippen LogP contribution in [0.5, 0.6) is 0 Å². The van der Waals surface area contributed by atoms with Crippen LogP contribution in [0.25, 0.3) is 0 Å². The molecule has 3 atom stereocenters. The largest absolute Gasteiger partial charge is 0.390 e. The van der Waals surface area contributed by atoms with Crippen LogP contribution in [0.4, 0.5) is 0 Å². The van der Waals surface area contributed by atoms with Crippen molar-refractivity contribution in [3.63, 3.8) is 0 Å². The van der Waals surface area contributed by atoms with Gasteiger partial charge in [-0.05, 0) is 38.5 Å². The van der Waals surface area contributed by atoms with E-state index in [9.17, 15) is 13.5 Å². The highest BCUT2D eigenvalue weighted by Gasteiger charge is 2.41. The first-order valence-corrected chi connectivity index (χ1v) is 9.70. The fraction of sp³-hybridized carbons (Fsp3) is 1.00. The Bertz CT molecular complexity index is 375. The molecule has 1 aliphatic rings. The minimum Gasteiger partial charge on any atom is -0.390 e. The van der Waals surface area contributed by atoms with E-state index in [0.29, 0.717) is 25.4 Å². The first-order chi connectivity index (χ1) is 9.35. The van der Waals surface area contributed by atoms with Crippen molar-refractivity contribution in [2.45, 2.75) is 71.0 Å². The Morgan fingerprint density at radius 2 is 2.10 bits per heavy atom. The van der Waals surface area contributed by atoms with Crippen molar-refractivity contribution in [3.05, 3.63) is 0 Å². The maximum Gasteiger partial charge on any atom is 0.150 e. The second-order valence-electron chi connectivity index (χ2n) is 6.09. The van der Waals surface area contributed by atoms with Crippen molar-refractivity contribution in [2.75, 3.05) is 18.1 Å². The van der Waals surface area contributed by atoms with E-state index in [0.717, 1.165) is 19.3 Å². The summed E-state index contributed by atoms with van der Waals surface area (Å²) in [7, 11) is -2.94. The van der Waals surface area contributed by atoms with Crippen molar-refractivity contribution in [2.24, 2.45) is 5.92 Å². The van der Waals surface area contributed by atoms with Crippen LogP contribution >= 0.6 is 0 Å². The second kappa shape index (κ2) is 7.76. The molecule has 0 aromatic heterocycles. The molecule has 0 spiro atoms. The predicted octanol–water partition coefficient (Wildman–Crippen LogP) is 2.55. The molecular formula is C15H30O4S. The Balaban J connectivity index is 2.58. The number of hydrogen-bond donors (Lipinski definition) is 1. The summed E-state index contributed by atoms with van der Waals surface area (Å²) in [5, 5.41) is 10.5. The number of sulfone groups is 1. The van der Waals surface area contributed by atoms with Gasteiger partial charge in [0.25, 0.3) is 0 Å². The van der Waals surface area contributed by atoms with E-state index in [1.54, 1.807) is 6.92 Å². The Labute approximate surface area is 123 Å². The predicted molar refractivity (Wildman–Crippen MR) is 81.6 cm³/mol. The molecule has 0 heterocycles. The minimum atomic E-state index is -2.94. The van der Waals surface area contributed by atoms with E-state index in [2.05, 4.69) is 6.92 Å². The number of aliphatic hydroxyl groups is 1. The molecule has 0 amide bonds. The molecular weight excluding hydrogens is 276 g/mol. The zero-order valence-corrected chi connectivity index (χ0v) is 13.9. The monoisotopic (exact) mass is 306 g/mol. The van der Waals surface area contributed by atoms with Crippen molar-refractivity contribution in [1.29, 1.82) is 0 Å². The van der Waals surface area contributed by atoms with Gasteiger partial charge in [-0.2, -0.15) is 0 Å². The van der Waals surface area contributed by atoms with E-state index >= 15 is 0 Å². The first kappa shape index (κ1) is 17.9. The van der Waals surface area contributed by atoms with Gasteiger partial charge in [-0.25, -0.2) is 8.42 Å². The van der Waals surface area contributed by atoms with E-state index in [4.69, 9.17) is 4.74 Å². The molecule has 0 saturated heterocycles. The van der Waals surface area contributed by atoms with Crippen LogP contribution in [-0.2, 0) is 14.6 Å². The highest BCUT2D eigenvalue weighted by molar-refractivity contribution is 7.91. The molecule has 20 heavy (non-hydrogen) atoms. The lowest BCUT2D eigenvalue weighted by Gasteiger charge is -2.43. The minimum absolute atomic E-state index is 0.165. The molecule has 1 saturated carbocycles. The van der Waals surface area contributed by atoms with Gasteiger partial charge in [0.1, 0.15) is 9.84 Å². The lowest BCUT2D eigenvalue weighted by atomic mass is 9.74. The van der Waals surface area contributed by atoms with Gasteiger partial charge in [0.15, 0.2) is 0 Å². The van der Waals surface area contributed by atoms with Gasteiger partial charge in [-0.3, -0.25) is 0 Å². The number of rotatable bonds is 8. The van der Waals surface area contributed by atoms with Crippen molar-refractivity contribution in [3.8, 4) is 0 Å². The highest BCUT2D eigenvalue weighted by Crippen LogP contribution is 2.39. The van der Waals surface area contributed by atoms with Crippen LogP contribution in [0.1, 0.15) is 59.3 Å². The van der Waals surface area contributed by atoms with Crippen LogP contribution in [0.15, 0.2) is 0 Å². The van der Waals surface area contributed by atoms with E-state index < -0.39 is 21.5 Å². The van der Waals surface area contributed by atoms with Gasteiger partial charge in [0.2, 0.25) is 0 Å². The quantitative estimate of drug-likeness (QED) is 0.748. The Morgan fingerprint density at radius 1 is 1.40 bits per heavy atom. The lowest BCUT2D eigenvalue weighted by Crippen LogP contribution is -2.48. The molecule has 1 rings (SSSR count). The molecule has 0 aliphatic heterocycles. The Kier molecular flexibility index (Phi) is 6.95. The lowest BCUT2D eigenvalue weighted by molar-refractivity contribution is -0.149. The maximum absolute atomic E-state index is 11.5. The average molecular weight is 306 g/mol. The maximum atomic E-state index is 11.5. The number of hydrogen-bond acceptors (Lipinski definition) is 4. The molecule has 1 aliphatic carbocycles. The third kappa shape index (κ3) is 5.01. The molecule has 1 N–H and O–H groups in total. The fourth-order valence-electron chi connectivity index (χ4n) is 3.27. The molecule has 0 radical (unpaired) electrons. The van der Waals surface area contributed by atoms with Gasteiger partial charge in [-0.1, -0.05) is 26.7 Å². The molecule has 120 valence electrons. The molecule has 0 aromatic carbocycles. The third-order valence-corrected chi connectivity index (χ3v) is 6.19. The summed E-state index contributed by atoms with van der Waals surface area (Å²) in [6.07, 6.45) is 4.48. The van der Waals surface area contributed by atoms with Gasteiger partial charge in [0.05, 0.1) is 17.5 Å². The van der Waals surface area contributed by atoms with E-state index in [-0.39, 0.29) is 11.5 Å². The third-order valence-electron chi connectivity index (χ3n) is 4.40.